The molecule has 0 aliphatic carbocycles. The quantitative estimate of drug-likeness (QED) is 0.746. The van der Waals surface area contributed by atoms with Gasteiger partial charge in [0.1, 0.15) is 5.75 Å². The Morgan fingerprint density at radius 2 is 1.83 bits per heavy atom. The van der Waals surface area contributed by atoms with E-state index in [4.69, 9.17) is 4.74 Å². The summed E-state index contributed by atoms with van der Waals surface area (Å²) in [5, 5.41) is 12.7. The predicted molar refractivity (Wildman–Crippen MR) is 75.0 cm³/mol. The summed E-state index contributed by atoms with van der Waals surface area (Å²) >= 11 is 0. The first-order valence-electron chi connectivity index (χ1n) is 6.73. The number of phenols is 1. The fraction of sp³-hybridized carbons (Fsp3) is 0.600. The van der Waals surface area contributed by atoms with Crippen molar-refractivity contribution in [3.63, 3.8) is 0 Å². The zero-order chi connectivity index (χ0) is 13.4. The molecule has 2 unspecified atom stereocenters. The fourth-order valence-corrected chi connectivity index (χ4v) is 1.96. The van der Waals surface area contributed by atoms with Gasteiger partial charge in [-0.1, -0.05) is 12.1 Å². The van der Waals surface area contributed by atoms with Crippen molar-refractivity contribution in [3.8, 4) is 5.75 Å². The Bertz CT molecular complexity index is 324. The molecule has 0 amide bonds. The number of phenolic OH excluding ortho intramolecular Hbond substituents is 1. The average Bonchev–Trinajstić information content (AvgIpc) is 2.35. The van der Waals surface area contributed by atoms with Crippen LogP contribution in [0.1, 0.15) is 32.8 Å². The van der Waals surface area contributed by atoms with Gasteiger partial charge in [-0.25, -0.2) is 0 Å². The summed E-state index contributed by atoms with van der Waals surface area (Å²) in [5.41, 5.74) is 1.26. The number of nitrogens with one attached hydrogen (secondary N) is 1. The minimum atomic E-state index is 0.329. The third-order valence-corrected chi connectivity index (χ3v) is 2.94. The largest absolute Gasteiger partial charge is 0.508 e. The SMILES string of the molecule is CCOCC(C)NC(C)CCc1ccc(O)cc1. The molecule has 18 heavy (non-hydrogen) atoms. The monoisotopic (exact) mass is 251 g/mol. The Hall–Kier alpha value is -1.06. The highest BCUT2D eigenvalue weighted by atomic mass is 16.5. The number of aryl methyl sites for hydroxylation is 1. The highest BCUT2D eigenvalue weighted by molar-refractivity contribution is 5.25. The Kier molecular flexibility index (Phi) is 6.76. The van der Waals surface area contributed by atoms with Crippen molar-refractivity contribution in [2.75, 3.05) is 13.2 Å². The highest BCUT2D eigenvalue weighted by Gasteiger charge is 2.07. The first kappa shape index (κ1) is 15.0. The first-order chi connectivity index (χ1) is 8.61. The molecule has 2 N–H and O–H groups in total. The summed E-state index contributed by atoms with van der Waals surface area (Å²) in [5.74, 6) is 0.329. The van der Waals surface area contributed by atoms with Crippen LogP contribution < -0.4 is 5.32 Å². The van der Waals surface area contributed by atoms with E-state index in [-0.39, 0.29) is 0 Å². The summed E-state index contributed by atoms with van der Waals surface area (Å²) in [6.07, 6.45) is 2.11. The van der Waals surface area contributed by atoms with Crippen LogP contribution in [0, 0.1) is 0 Å². The molecular formula is C15H25NO2. The van der Waals surface area contributed by atoms with Crippen LogP contribution in [0.2, 0.25) is 0 Å². The third kappa shape index (κ3) is 6.03. The first-order valence-corrected chi connectivity index (χ1v) is 6.73. The van der Waals surface area contributed by atoms with Crippen molar-refractivity contribution in [3.05, 3.63) is 29.8 Å². The van der Waals surface area contributed by atoms with Crippen LogP contribution in [-0.2, 0) is 11.2 Å². The van der Waals surface area contributed by atoms with E-state index in [0.717, 1.165) is 26.1 Å². The molecule has 1 rings (SSSR count). The molecule has 3 heteroatoms. The van der Waals surface area contributed by atoms with Crippen LogP contribution in [0.25, 0.3) is 0 Å². The molecule has 0 aromatic heterocycles. The van der Waals surface area contributed by atoms with E-state index in [2.05, 4.69) is 19.2 Å². The summed E-state index contributed by atoms with van der Waals surface area (Å²) in [7, 11) is 0. The van der Waals surface area contributed by atoms with Gasteiger partial charge in [-0.15, -0.1) is 0 Å². The minimum Gasteiger partial charge on any atom is -0.508 e. The zero-order valence-electron chi connectivity index (χ0n) is 11.6. The molecule has 0 aliphatic rings. The molecular weight excluding hydrogens is 226 g/mol. The Labute approximate surface area is 110 Å². The number of rotatable bonds is 8. The van der Waals surface area contributed by atoms with E-state index in [0.29, 0.717) is 17.8 Å². The van der Waals surface area contributed by atoms with Gasteiger partial charge >= 0.3 is 0 Å². The van der Waals surface area contributed by atoms with Crippen LogP contribution in [0.4, 0.5) is 0 Å². The van der Waals surface area contributed by atoms with Gasteiger partial charge in [0.15, 0.2) is 0 Å². The smallest absolute Gasteiger partial charge is 0.115 e. The predicted octanol–water partition coefficient (Wildman–Crippen LogP) is 2.73. The molecule has 0 bridgehead atoms. The second-order valence-electron chi connectivity index (χ2n) is 4.83. The molecule has 0 aliphatic heterocycles. The molecule has 0 saturated carbocycles. The van der Waals surface area contributed by atoms with Gasteiger partial charge < -0.3 is 15.2 Å². The lowest BCUT2D eigenvalue weighted by Crippen LogP contribution is -2.37. The molecule has 1 aromatic rings. The number of hydrogen-bond donors (Lipinski definition) is 2. The van der Waals surface area contributed by atoms with Crippen molar-refractivity contribution >= 4 is 0 Å². The van der Waals surface area contributed by atoms with E-state index in [1.54, 1.807) is 12.1 Å². The number of ether oxygens (including phenoxy) is 1. The fourth-order valence-electron chi connectivity index (χ4n) is 1.96. The zero-order valence-corrected chi connectivity index (χ0v) is 11.6. The molecule has 0 radical (unpaired) electrons. The van der Waals surface area contributed by atoms with Crippen molar-refractivity contribution < 1.29 is 9.84 Å². The van der Waals surface area contributed by atoms with Gasteiger partial charge in [0, 0.05) is 18.7 Å². The lowest BCUT2D eigenvalue weighted by Gasteiger charge is -2.19. The Morgan fingerprint density at radius 3 is 2.44 bits per heavy atom. The standard InChI is InChI=1S/C15H25NO2/c1-4-18-11-13(3)16-12(2)5-6-14-7-9-15(17)10-8-14/h7-10,12-13,16-17H,4-6,11H2,1-3H3. The van der Waals surface area contributed by atoms with Gasteiger partial charge in [-0.05, 0) is 51.3 Å². The molecule has 0 saturated heterocycles. The maximum absolute atomic E-state index is 9.21. The van der Waals surface area contributed by atoms with Crippen LogP contribution in [-0.4, -0.2) is 30.4 Å². The molecule has 2 atom stereocenters. The highest BCUT2D eigenvalue weighted by Crippen LogP contribution is 2.12. The van der Waals surface area contributed by atoms with Gasteiger partial charge in [0.25, 0.3) is 0 Å². The van der Waals surface area contributed by atoms with E-state index in [9.17, 15) is 5.11 Å². The van der Waals surface area contributed by atoms with Gasteiger partial charge in [-0.2, -0.15) is 0 Å². The van der Waals surface area contributed by atoms with Crippen molar-refractivity contribution in [2.45, 2.75) is 45.7 Å². The maximum Gasteiger partial charge on any atom is 0.115 e. The third-order valence-electron chi connectivity index (χ3n) is 2.94. The van der Waals surface area contributed by atoms with Crippen molar-refractivity contribution in [1.82, 2.24) is 5.32 Å². The lowest BCUT2D eigenvalue weighted by molar-refractivity contribution is 0.124. The van der Waals surface area contributed by atoms with Crippen LogP contribution in [0.3, 0.4) is 0 Å². The molecule has 0 heterocycles. The lowest BCUT2D eigenvalue weighted by atomic mass is 10.1. The Balaban J connectivity index is 2.24. The van der Waals surface area contributed by atoms with Gasteiger partial charge in [-0.3, -0.25) is 0 Å². The van der Waals surface area contributed by atoms with E-state index >= 15 is 0 Å². The van der Waals surface area contributed by atoms with E-state index in [1.807, 2.05) is 19.1 Å². The molecule has 0 fully saturated rings. The van der Waals surface area contributed by atoms with Gasteiger partial charge in [0.2, 0.25) is 0 Å². The normalized spacial score (nSPS) is 14.4. The van der Waals surface area contributed by atoms with Crippen molar-refractivity contribution in [2.24, 2.45) is 0 Å². The van der Waals surface area contributed by atoms with Crippen LogP contribution in [0.5, 0.6) is 5.75 Å². The summed E-state index contributed by atoms with van der Waals surface area (Å²) in [4.78, 5) is 0. The van der Waals surface area contributed by atoms with E-state index < -0.39 is 0 Å². The van der Waals surface area contributed by atoms with Gasteiger partial charge in [0.05, 0.1) is 6.61 Å². The topological polar surface area (TPSA) is 41.5 Å². The summed E-state index contributed by atoms with van der Waals surface area (Å²) in [6, 6.07) is 8.29. The molecule has 3 nitrogen and oxygen atoms in total. The maximum atomic E-state index is 9.21. The molecule has 102 valence electrons. The minimum absolute atomic E-state index is 0.329. The number of benzene rings is 1. The summed E-state index contributed by atoms with van der Waals surface area (Å²) in [6.45, 7) is 7.89. The number of hydrogen-bond acceptors (Lipinski definition) is 3. The summed E-state index contributed by atoms with van der Waals surface area (Å²) < 4.78 is 5.38. The Morgan fingerprint density at radius 1 is 1.17 bits per heavy atom. The van der Waals surface area contributed by atoms with E-state index in [1.165, 1.54) is 5.56 Å². The second kappa shape index (κ2) is 8.11. The second-order valence-corrected chi connectivity index (χ2v) is 4.83. The average molecular weight is 251 g/mol. The van der Waals surface area contributed by atoms with Crippen LogP contribution >= 0.6 is 0 Å². The molecule has 0 spiro atoms. The van der Waals surface area contributed by atoms with Crippen molar-refractivity contribution in [1.29, 1.82) is 0 Å². The number of aromatic hydroxyl groups is 1. The van der Waals surface area contributed by atoms with Crippen LogP contribution in [0.15, 0.2) is 24.3 Å². The molecule has 1 aromatic carbocycles.